The van der Waals surface area contributed by atoms with E-state index in [1.165, 1.54) is 5.56 Å². The molecular weight excluding hydrogens is 246 g/mol. The Hall–Kier alpha value is -2.47. The average Bonchev–Trinajstić information content (AvgIpc) is 2.48. The van der Waals surface area contributed by atoms with E-state index in [-0.39, 0.29) is 0 Å². The molecule has 102 valence electrons. The van der Waals surface area contributed by atoms with Gasteiger partial charge in [-0.15, -0.1) is 0 Å². The van der Waals surface area contributed by atoms with Gasteiger partial charge in [0, 0.05) is 6.04 Å². The van der Waals surface area contributed by atoms with E-state index in [1.54, 1.807) is 12.1 Å². The van der Waals surface area contributed by atoms with Crippen LogP contribution in [0.15, 0.2) is 48.5 Å². The molecule has 0 bridgehead atoms. The van der Waals surface area contributed by atoms with Crippen LogP contribution in [-0.4, -0.2) is 6.04 Å². The zero-order chi connectivity index (χ0) is 14.4. The Morgan fingerprint density at radius 2 is 1.95 bits per heavy atom. The van der Waals surface area contributed by atoms with Crippen LogP contribution in [0.25, 0.3) is 0 Å². The highest BCUT2D eigenvalue weighted by atomic mass is 14.9. The summed E-state index contributed by atoms with van der Waals surface area (Å²) < 4.78 is 0. The van der Waals surface area contributed by atoms with Gasteiger partial charge in [0.25, 0.3) is 0 Å². The maximum atomic E-state index is 8.82. The number of nitrogens with one attached hydrogen (secondary N) is 1. The summed E-state index contributed by atoms with van der Waals surface area (Å²) in [5.74, 6) is 0. The van der Waals surface area contributed by atoms with Crippen molar-refractivity contribution in [1.29, 1.82) is 5.26 Å². The molecule has 0 saturated carbocycles. The number of anilines is 2. The summed E-state index contributed by atoms with van der Waals surface area (Å²) in [6.07, 6.45) is 2.06. The molecule has 0 heterocycles. The maximum absolute atomic E-state index is 8.82. The summed E-state index contributed by atoms with van der Waals surface area (Å²) in [5, 5.41) is 12.2. The van der Waals surface area contributed by atoms with E-state index < -0.39 is 0 Å². The number of hydrogen-bond acceptors (Lipinski definition) is 3. The van der Waals surface area contributed by atoms with E-state index in [9.17, 15) is 0 Å². The van der Waals surface area contributed by atoms with Crippen LogP contribution < -0.4 is 11.1 Å². The van der Waals surface area contributed by atoms with E-state index in [0.717, 1.165) is 18.5 Å². The summed E-state index contributed by atoms with van der Waals surface area (Å²) in [6, 6.07) is 18.2. The molecule has 20 heavy (non-hydrogen) atoms. The summed E-state index contributed by atoms with van der Waals surface area (Å²) in [7, 11) is 0. The first-order valence-corrected chi connectivity index (χ1v) is 6.79. The van der Waals surface area contributed by atoms with Crippen LogP contribution in [0.1, 0.15) is 24.5 Å². The van der Waals surface area contributed by atoms with Crippen molar-refractivity contribution in [2.45, 2.75) is 25.8 Å². The fraction of sp³-hybridized carbons (Fsp3) is 0.235. The lowest BCUT2D eigenvalue weighted by Crippen LogP contribution is -2.17. The first kappa shape index (κ1) is 14.0. The maximum Gasteiger partial charge on any atom is 0.0992 e. The molecule has 1 atom stereocenters. The molecule has 0 aromatic heterocycles. The van der Waals surface area contributed by atoms with Gasteiger partial charge in [0.05, 0.1) is 23.0 Å². The molecule has 2 aromatic rings. The Bertz CT molecular complexity index is 599. The van der Waals surface area contributed by atoms with Gasteiger partial charge in [-0.05, 0) is 43.5 Å². The molecule has 0 aliphatic carbocycles. The third-order valence-electron chi connectivity index (χ3n) is 3.29. The van der Waals surface area contributed by atoms with Crippen molar-refractivity contribution >= 4 is 11.4 Å². The van der Waals surface area contributed by atoms with Gasteiger partial charge in [-0.25, -0.2) is 0 Å². The van der Waals surface area contributed by atoms with E-state index in [2.05, 4.69) is 42.6 Å². The molecule has 3 N–H and O–H groups in total. The number of nitrogens with two attached hydrogens (primary N) is 1. The van der Waals surface area contributed by atoms with Crippen LogP contribution in [0.4, 0.5) is 11.4 Å². The molecule has 3 nitrogen and oxygen atoms in total. The number of hydrogen-bond donors (Lipinski definition) is 2. The quantitative estimate of drug-likeness (QED) is 0.812. The van der Waals surface area contributed by atoms with Crippen LogP contribution in [0.5, 0.6) is 0 Å². The summed E-state index contributed by atoms with van der Waals surface area (Å²) >= 11 is 0. The van der Waals surface area contributed by atoms with Gasteiger partial charge in [0.15, 0.2) is 0 Å². The summed E-state index contributed by atoms with van der Waals surface area (Å²) in [5.41, 5.74) is 9.38. The van der Waals surface area contributed by atoms with E-state index in [0.29, 0.717) is 17.3 Å². The van der Waals surface area contributed by atoms with Gasteiger partial charge in [0.1, 0.15) is 0 Å². The van der Waals surface area contributed by atoms with Crippen LogP contribution in [-0.2, 0) is 6.42 Å². The highest BCUT2D eigenvalue weighted by Crippen LogP contribution is 2.21. The third kappa shape index (κ3) is 3.76. The lowest BCUT2D eigenvalue weighted by Gasteiger charge is -2.17. The minimum Gasteiger partial charge on any atom is -0.397 e. The Labute approximate surface area is 120 Å². The van der Waals surface area contributed by atoms with Gasteiger partial charge in [0.2, 0.25) is 0 Å². The lowest BCUT2D eigenvalue weighted by molar-refractivity contribution is 0.706. The fourth-order valence-electron chi connectivity index (χ4n) is 2.13. The SMILES string of the molecule is CC(CCc1ccccc1)Nc1ccc(C#N)cc1N. The molecular formula is C17H19N3. The second-order valence-electron chi connectivity index (χ2n) is 4.98. The third-order valence-corrected chi connectivity index (χ3v) is 3.29. The van der Waals surface area contributed by atoms with E-state index in [4.69, 9.17) is 11.0 Å². The standard InChI is InChI=1S/C17H19N3/c1-13(7-8-14-5-3-2-4-6-14)20-17-10-9-15(12-18)11-16(17)19/h2-6,9-11,13,20H,7-8,19H2,1H3. The fourth-order valence-corrected chi connectivity index (χ4v) is 2.13. The van der Waals surface area contributed by atoms with Crippen molar-refractivity contribution < 1.29 is 0 Å². The number of nitrogen functional groups attached to an aromatic ring is 1. The number of nitrogens with zero attached hydrogens (tertiary/aromatic N) is 1. The molecule has 2 aromatic carbocycles. The minimum absolute atomic E-state index is 0.324. The first-order chi connectivity index (χ1) is 9.69. The molecule has 1 unspecified atom stereocenters. The number of nitriles is 1. The topological polar surface area (TPSA) is 61.8 Å². The molecule has 0 aliphatic rings. The van der Waals surface area contributed by atoms with Crippen molar-refractivity contribution in [2.75, 3.05) is 11.1 Å². The Kier molecular flexibility index (Phi) is 4.62. The first-order valence-electron chi connectivity index (χ1n) is 6.79. The predicted octanol–water partition coefficient (Wildman–Crippen LogP) is 3.57. The van der Waals surface area contributed by atoms with Crippen LogP contribution in [0, 0.1) is 11.3 Å². The Balaban J connectivity index is 1.91. The molecule has 0 radical (unpaired) electrons. The van der Waals surface area contributed by atoms with Crippen molar-refractivity contribution in [3.8, 4) is 6.07 Å². The van der Waals surface area contributed by atoms with Crippen LogP contribution >= 0.6 is 0 Å². The normalized spacial score (nSPS) is 11.6. The van der Waals surface area contributed by atoms with Gasteiger partial charge < -0.3 is 11.1 Å². The number of aryl methyl sites for hydroxylation is 1. The van der Waals surface area contributed by atoms with E-state index in [1.807, 2.05) is 12.1 Å². The second kappa shape index (κ2) is 6.63. The zero-order valence-electron chi connectivity index (χ0n) is 11.6. The molecule has 3 heteroatoms. The van der Waals surface area contributed by atoms with Gasteiger partial charge >= 0.3 is 0 Å². The molecule has 0 saturated heterocycles. The van der Waals surface area contributed by atoms with Gasteiger partial charge in [-0.1, -0.05) is 30.3 Å². The zero-order valence-corrected chi connectivity index (χ0v) is 11.6. The second-order valence-corrected chi connectivity index (χ2v) is 4.98. The molecule has 0 amide bonds. The van der Waals surface area contributed by atoms with Crippen molar-refractivity contribution in [3.63, 3.8) is 0 Å². The van der Waals surface area contributed by atoms with Crippen LogP contribution in [0.2, 0.25) is 0 Å². The van der Waals surface area contributed by atoms with Crippen molar-refractivity contribution in [3.05, 3.63) is 59.7 Å². The monoisotopic (exact) mass is 265 g/mol. The molecule has 0 aliphatic heterocycles. The summed E-state index contributed by atoms with van der Waals surface area (Å²) in [6.45, 7) is 2.14. The van der Waals surface area contributed by atoms with Gasteiger partial charge in [-0.3, -0.25) is 0 Å². The number of benzene rings is 2. The largest absolute Gasteiger partial charge is 0.397 e. The average molecular weight is 265 g/mol. The lowest BCUT2D eigenvalue weighted by atomic mass is 10.1. The molecule has 0 spiro atoms. The smallest absolute Gasteiger partial charge is 0.0992 e. The van der Waals surface area contributed by atoms with Crippen LogP contribution in [0.3, 0.4) is 0 Å². The number of rotatable bonds is 5. The van der Waals surface area contributed by atoms with Crippen molar-refractivity contribution in [1.82, 2.24) is 0 Å². The van der Waals surface area contributed by atoms with E-state index >= 15 is 0 Å². The highest BCUT2D eigenvalue weighted by molar-refractivity contribution is 5.68. The predicted molar refractivity (Wildman–Crippen MR) is 83.4 cm³/mol. The van der Waals surface area contributed by atoms with Crippen molar-refractivity contribution in [2.24, 2.45) is 0 Å². The Morgan fingerprint density at radius 1 is 1.20 bits per heavy atom. The minimum atomic E-state index is 0.324. The summed E-state index contributed by atoms with van der Waals surface area (Å²) in [4.78, 5) is 0. The molecule has 2 rings (SSSR count). The molecule has 0 fully saturated rings. The Morgan fingerprint density at radius 3 is 2.60 bits per heavy atom. The highest BCUT2D eigenvalue weighted by Gasteiger charge is 2.06. The van der Waals surface area contributed by atoms with Gasteiger partial charge in [-0.2, -0.15) is 5.26 Å².